The lowest BCUT2D eigenvalue weighted by molar-refractivity contribution is 1.12. The van der Waals surface area contributed by atoms with Crippen molar-refractivity contribution in [3.63, 3.8) is 0 Å². The molecule has 0 aliphatic rings. The third-order valence-electron chi connectivity index (χ3n) is 2.74. The van der Waals surface area contributed by atoms with Crippen molar-refractivity contribution in [3.05, 3.63) is 51.8 Å². The summed E-state index contributed by atoms with van der Waals surface area (Å²) in [6.45, 7) is 3.96. The molecule has 0 aliphatic carbocycles. The van der Waals surface area contributed by atoms with Crippen molar-refractivity contribution in [2.45, 2.75) is 13.8 Å². The van der Waals surface area contributed by atoms with Crippen LogP contribution in [0.5, 0.6) is 0 Å². The van der Waals surface area contributed by atoms with Crippen molar-refractivity contribution in [2.75, 3.05) is 5.32 Å². The van der Waals surface area contributed by atoms with Crippen LogP contribution in [0.1, 0.15) is 17.0 Å². The normalized spacial score (nSPS) is 10.3. The first-order valence-electron chi connectivity index (χ1n) is 5.78. The summed E-state index contributed by atoms with van der Waals surface area (Å²) in [5, 5.41) is 3.33. The summed E-state index contributed by atoms with van der Waals surface area (Å²) >= 11 is 8.44. The van der Waals surface area contributed by atoms with Crippen molar-refractivity contribution in [3.8, 4) is 0 Å². The third kappa shape index (κ3) is 3.30. The van der Waals surface area contributed by atoms with E-state index in [0.29, 0.717) is 4.99 Å². The number of rotatable bonds is 3. The van der Waals surface area contributed by atoms with E-state index in [0.717, 1.165) is 32.8 Å². The fraction of sp³-hybridized carbons (Fsp3) is 0.143. The molecule has 3 nitrogen and oxygen atoms in total. The zero-order valence-electron chi connectivity index (χ0n) is 10.7. The number of anilines is 2. The molecule has 0 saturated carbocycles. The minimum absolute atomic E-state index is 0.381. The van der Waals surface area contributed by atoms with Gasteiger partial charge in [0.25, 0.3) is 0 Å². The largest absolute Gasteiger partial charge is 0.389 e. The van der Waals surface area contributed by atoms with E-state index < -0.39 is 0 Å². The second-order valence-corrected chi connectivity index (χ2v) is 5.56. The number of hydrogen-bond donors (Lipinski definition) is 2. The fourth-order valence-corrected chi connectivity index (χ4v) is 2.67. The molecule has 2 aromatic rings. The Kier molecular flexibility index (Phi) is 4.17. The van der Waals surface area contributed by atoms with Gasteiger partial charge in [0.2, 0.25) is 0 Å². The van der Waals surface area contributed by atoms with Crippen LogP contribution in [0.4, 0.5) is 11.4 Å². The maximum atomic E-state index is 5.63. The summed E-state index contributed by atoms with van der Waals surface area (Å²) in [5.41, 5.74) is 10.4. The highest BCUT2D eigenvalue weighted by molar-refractivity contribution is 9.10. The number of nitrogens with two attached hydrogens (primary N) is 1. The molecule has 0 saturated heterocycles. The van der Waals surface area contributed by atoms with Gasteiger partial charge in [-0.2, -0.15) is 0 Å². The Balaban J connectivity index is 2.29. The van der Waals surface area contributed by atoms with Crippen molar-refractivity contribution < 1.29 is 0 Å². The van der Waals surface area contributed by atoms with E-state index in [1.54, 1.807) is 0 Å². The molecule has 3 N–H and O–H groups in total. The monoisotopic (exact) mass is 335 g/mol. The highest BCUT2D eigenvalue weighted by atomic mass is 79.9. The van der Waals surface area contributed by atoms with E-state index in [2.05, 4.69) is 26.2 Å². The van der Waals surface area contributed by atoms with E-state index in [4.69, 9.17) is 18.0 Å². The lowest BCUT2D eigenvalue weighted by Gasteiger charge is -2.11. The molecule has 0 fully saturated rings. The van der Waals surface area contributed by atoms with Crippen LogP contribution < -0.4 is 11.1 Å². The average Bonchev–Trinajstić information content (AvgIpc) is 2.32. The lowest BCUT2D eigenvalue weighted by atomic mass is 10.2. The quantitative estimate of drug-likeness (QED) is 0.836. The van der Waals surface area contributed by atoms with Gasteiger partial charge in [-0.25, -0.2) is 0 Å². The molecule has 5 heteroatoms. The maximum absolute atomic E-state index is 5.63. The zero-order chi connectivity index (χ0) is 14.0. The van der Waals surface area contributed by atoms with Crippen LogP contribution in [-0.2, 0) is 0 Å². The fourth-order valence-electron chi connectivity index (χ4n) is 1.77. The van der Waals surface area contributed by atoms with E-state index in [9.17, 15) is 0 Å². The first-order valence-corrected chi connectivity index (χ1v) is 6.98. The van der Waals surface area contributed by atoms with Gasteiger partial charge >= 0.3 is 0 Å². The molecule has 0 bridgehead atoms. The number of pyridine rings is 1. The molecule has 2 rings (SSSR count). The molecule has 0 amide bonds. The second-order valence-electron chi connectivity index (χ2n) is 4.27. The molecule has 19 heavy (non-hydrogen) atoms. The standard InChI is InChI=1S/C14H14BrN3S/c1-8-3-6-13(9(2)17-8)18-10-4-5-11(14(16)19)12(15)7-10/h3-7,18H,1-2H3,(H2,16,19). The maximum Gasteiger partial charge on any atom is 0.105 e. The van der Waals surface area contributed by atoms with Gasteiger partial charge in [-0.15, -0.1) is 0 Å². The Hall–Kier alpha value is -1.46. The second kappa shape index (κ2) is 5.67. The Morgan fingerprint density at radius 1 is 1.26 bits per heavy atom. The SMILES string of the molecule is Cc1ccc(Nc2ccc(C(N)=S)c(Br)c2)c(C)n1. The molecule has 98 valence electrons. The Labute approximate surface area is 126 Å². The molecular formula is C14H14BrN3S. The number of benzene rings is 1. The first-order chi connectivity index (χ1) is 8.97. The van der Waals surface area contributed by atoms with Gasteiger partial charge in [0.15, 0.2) is 0 Å². The summed E-state index contributed by atoms with van der Waals surface area (Å²) in [6, 6.07) is 9.79. The lowest BCUT2D eigenvalue weighted by Crippen LogP contribution is -2.10. The van der Waals surface area contributed by atoms with Crippen LogP contribution in [0.25, 0.3) is 0 Å². The van der Waals surface area contributed by atoms with Gasteiger partial charge in [-0.05, 0) is 60.1 Å². The number of aromatic nitrogens is 1. The summed E-state index contributed by atoms with van der Waals surface area (Å²) in [7, 11) is 0. The summed E-state index contributed by atoms with van der Waals surface area (Å²) in [5.74, 6) is 0. The van der Waals surface area contributed by atoms with Gasteiger partial charge in [-0.3, -0.25) is 4.98 Å². The van der Waals surface area contributed by atoms with Crippen molar-refractivity contribution in [1.82, 2.24) is 4.98 Å². The van der Waals surface area contributed by atoms with Crippen LogP contribution in [0.2, 0.25) is 0 Å². The number of nitrogens with zero attached hydrogens (tertiary/aromatic N) is 1. The van der Waals surface area contributed by atoms with Gasteiger partial charge in [0.05, 0.1) is 11.4 Å². The Morgan fingerprint density at radius 2 is 2.00 bits per heavy atom. The van der Waals surface area contributed by atoms with Crippen molar-refractivity contribution in [1.29, 1.82) is 0 Å². The van der Waals surface area contributed by atoms with E-state index in [1.807, 2.05) is 44.2 Å². The first kappa shape index (κ1) is 14.0. The van der Waals surface area contributed by atoms with E-state index >= 15 is 0 Å². The zero-order valence-corrected chi connectivity index (χ0v) is 13.1. The van der Waals surface area contributed by atoms with Crippen molar-refractivity contribution in [2.24, 2.45) is 5.73 Å². The molecule has 0 spiro atoms. The molecule has 0 aliphatic heterocycles. The number of hydrogen-bond acceptors (Lipinski definition) is 3. The van der Waals surface area contributed by atoms with Gasteiger partial charge in [0, 0.05) is 21.4 Å². The topological polar surface area (TPSA) is 50.9 Å². The molecule has 0 unspecified atom stereocenters. The number of nitrogens with one attached hydrogen (secondary N) is 1. The highest BCUT2D eigenvalue weighted by Crippen LogP contribution is 2.25. The predicted octanol–water partition coefficient (Wildman–Crippen LogP) is 3.84. The molecule has 1 aromatic carbocycles. The van der Waals surface area contributed by atoms with E-state index in [-0.39, 0.29) is 0 Å². The van der Waals surface area contributed by atoms with Crippen LogP contribution in [0.15, 0.2) is 34.8 Å². The van der Waals surface area contributed by atoms with Crippen LogP contribution in [0, 0.1) is 13.8 Å². The predicted molar refractivity (Wildman–Crippen MR) is 87.0 cm³/mol. The van der Waals surface area contributed by atoms with Crippen LogP contribution in [0.3, 0.4) is 0 Å². The summed E-state index contributed by atoms with van der Waals surface area (Å²) in [6.07, 6.45) is 0. The van der Waals surface area contributed by atoms with E-state index in [1.165, 1.54) is 0 Å². The molecule has 1 heterocycles. The number of aryl methyl sites for hydroxylation is 2. The minimum atomic E-state index is 0.381. The Morgan fingerprint density at radius 3 is 2.58 bits per heavy atom. The van der Waals surface area contributed by atoms with Crippen LogP contribution >= 0.6 is 28.1 Å². The summed E-state index contributed by atoms with van der Waals surface area (Å²) < 4.78 is 0.878. The average molecular weight is 336 g/mol. The number of halogens is 1. The molecule has 0 atom stereocenters. The van der Waals surface area contributed by atoms with Crippen LogP contribution in [-0.4, -0.2) is 9.97 Å². The summed E-state index contributed by atoms with van der Waals surface area (Å²) in [4.78, 5) is 4.80. The van der Waals surface area contributed by atoms with Crippen molar-refractivity contribution >= 4 is 44.5 Å². The molecule has 1 aromatic heterocycles. The van der Waals surface area contributed by atoms with Gasteiger partial charge < -0.3 is 11.1 Å². The Bertz CT molecular complexity index is 641. The molecule has 0 radical (unpaired) electrons. The third-order valence-corrected chi connectivity index (χ3v) is 3.61. The molecular weight excluding hydrogens is 322 g/mol. The highest BCUT2D eigenvalue weighted by Gasteiger charge is 2.05. The minimum Gasteiger partial charge on any atom is -0.389 e. The van der Waals surface area contributed by atoms with Gasteiger partial charge in [0.1, 0.15) is 4.99 Å². The number of thiocarbonyl (C=S) groups is 1. The smallest absolute Gasteiger partial charge is 0.105 e. The van der Waals surface area contributed by atoms with Gasteiger partial charge in [-0.1, -0.05) is 12.2 Å².